The van der Waals surface area contributed by atoms with Crippen LogP contribution in [0.15, 0.2) is 12.2 Å². The fourth-order valence-corrected chi connectivity index (χ4v) is 8.32. The molecule has 1 spiro atoms. The number of aliphatic hydroxyl groups is 2. The Morgan fingerprint density at radius 3 is 2.23 bits per heavy atom. The van der Waals surface area contributed by atoms with Gasteiger partial charge >= 0.3 is 12.1 Å². The number of ketones is 1. The van der Waals surface area contributed by atoms with Crippen LogP contribution in [0.1, 0.15) is 74.1 Å². The van der Waals surface area contributed by atoms with Crippen LogP contribution in [0.4, 0.5) is 4.79 Å². The Morgan fingerprint density at radius 1 is 0.865 bits per heavy atom. The van der Waals surface area contributed by atoms with E-state index >= 15 is 0 Å². The predicted octanol–water partition coefficient (Wildman–Crippen LogP) is 2.85. The fraction of sp³-hybridized carbons (Fsp3) is 0.865. The summed E-state index contributed by atoms with van der Waals surface area (Å²) in [5, 5.41) is 22.0. The van der Waals surface area contributed by atoms with Gasteiger partial charge in [-0.15, -0.1) is 0 Å². The average molecular weight is 743 g/mol. The number of carbonyl (C=O) groups excluding carboxylic acids is 3. The van der Waals surface area contributed by atoms with E-state index < -0.39 is 91.2 Å². The number of hydrogen-bond acceptors (Lipinski definition) is 15. The molecule has 0 radical (unpaired) electrons. The standard InChI is InChI=1S/C37H58O15/c1-17-10-13-27(39)47-21(5)24(16-45-35-33(41)37(15-20(4)46-35)23(7)49-36(42)52-37)30-26(50-30)12-11-25(38)18(2)14-19(3)29(17)51-34-32(44-9)31(43-8)28(40)22(6)48-34/h10,13,17-24,26,28-35,40-41H,11-12,14-16H2,1-9H3/b13-10+/t17-,18+,19-,20+,21-,22+,23-,24-,26+,28+,29-,30+,31+,32+,33-,34-,35+,37-/m0/s1. The minimum Gasteiger partial charge on any atom is -0.459 e. The number of ether oxygens (including phenoxy) is 10. The monoisotopic (exact) mass is 742 g/mol. The van der Waals surface area contributed by atoms with Crippen LogP contribution in [0.25, 0.3) is 0 Å². The number of fused-ring (bicyclic) bond motifs is 1. The molecule has 5 aliphatic rings. The van der Waals surface area contributed by atoms with Gasteiger partial charge in [0.1, 0.15) is 42.4 Å². The third kappa shape index (κ3) is 8.84. The van der Waals surface area contributed by atoms with Crippen LogP contribution in [0, 0.1) is 23.7 Å². The molecule has 4 saturated heterocycles. The molecular weight excluding hydrogens is 684 g/mol. The topological polar surface area (TPSA) is 187 Å². The van der Waals surface area contributed by atoms with E-state index in [4.69, 9.17) is 47.4 Å². The maximum absolute atomic E-state index is 13.4. The Bertz CT molecular complexity index is 1280. The van der Waals surface area contributed by atoms with Gasteiger partial charge < -0.3 is 57.6 Å². The van der Waals surface area contributed by atoms with Gasteiger partial charge in [0, 0.05) is 50.9 Å². The minimum atomic E-state index is -1.34. The third-order valence-corrected chi connectivity index (χ3v) is 11.5. The molecule has 18 atom stereocenters. The first kappa shape index (κ1) is 41.0. The number of esters is 1. The largest absolute Gasteiger partial charge is 0.509 e. The van der Waals surface area contributed by atoms with Gasteiger partial charge in [0.2, 0.25) is 0 Å². The quantitative estimate of drug-likeness (QED) is 0.286. The summed E-state index contributed by atoms with van der Waals surface area (Å²) in [6.07, 6.45) is -5.51. The molecule has 15 heteroatoms. The average Bonchev–Trinajstić information content (AvgIpc) is 3.79. The van der Waals surface area contributed by atoms with Crippen molar-refractivity contribution in [3.63, 3.8) is 0 Å². The molecule has 5 aliphatic heterocycles. The molecular formula is C37H58O15. The highest BCUT2D eigenvalue weighted by Crippen LogP contribution is 2.42. The lowest BCUT2D eigenvalue weighted by Gasteiger charge is -2.44. The summed E-state index contributed by atoms with van der Waals surface area (Å²) in [5.41, 5.74) is -1.33. The zero-order valence-electron chi connectivity index (χ0n) is 31.7. The van der Waals surface area contributed by atoms with Crippen LogP contribution in [-0.4, -0.2) is 134 Å². The number of Topliss-reactive ketones (excluding diaryl/α,β-unsaturated/α-hetero) is 1. The molecule has 0 amide bonds. The van der Waals surface area contributed by atoms with Crippen molar-refractivity contribution in [1.29, 1.82) is 0 Å². The maximum atomic E-state index is 13.4. The molecule has 296 valence electrons. The Hall–Kier alpha value is -2.21. The molecule has 0 aromatic carbocycles. The number of hydrogen-bond donors (Lipinski definition) is 2. The van der Waals surface area contributed by atoms with Gasteiger partial charge in [-0.3, -0.25) is 4.79 Å². The summed E-state index contributed by atoms with van der Waals surface area (Å²) in [4.78, 5) is 38.7. The summed E-state index contributed by atoms with van der Waals surface area (Å²) in [7, 11) is 2.99. The number of epoxide rings is 1. The van der Waals surface area contributed by atoms with Crippen molar-refractivity contribution in [3.05, 3.63) is 12.2 Å². The smallest absolute Gasteiger partial charge is 0.459 e. The van der Waals surface area contributed by atoms with Gasteiger partial charge in [-0.1, -0.05) is 26.8 Å². The number of carbonyl (C=O) groups is 3. The van der Waals surface area contributed by atoms with E-state index in [-0.39, 0.29) is 48.8 Å². The number of rotatable bonds is 7. The van der Waals surface area contributed by atoms with E-state index in [9.17, 15) is 24.6 Å². The minimum absolute atomic E-state index is 0.0150. The number of cyclic esters (lactones) is 2. The lowest BCUT2D eigenvalue weighted by atomic mass is 9.83. The highest BCUT2D eigenvalue weighted by atomic mass is 16.8. The molecule has 52 heavy (non-hydrogen) atoms. The molecule has 0 aromatic heterocycles. The summed E-state index contributed by atoms with van der Waals surface area (Å²) < 4.78 is 58.6. The van der Waals surface area contributed by atoms with Gasteiger partial charge in [0.25, 0.3) is 0 Å². The van der Waals surface area contributed by atoms with Crippen LogP contribution < -0.4 is 0 Å². The first-order valence-electron chi connectivity index (χ1n) is 18.6. The summed E-state index contributed by atoms with van der Waals surface area (Å²) >= 11 is 0. The Kier molecular flexibility index (Phi) is 13.4. The van der Waals surface area contributed by atoms with E-state index in [1.807, 2.05) is 20.8 Å². The van der Waals surface area contributed by atoms with E-state index in [1.165, 1.54) is 20.3 Å². The molecule has 4 fully saturated rings. The van der Waals surface area contributed by atoms with E-state index in [0.29, 0.717) is 19.3 Å². The van der Waals surface area contributed by atoms with Crippen molar-refractivity contribution in [2.24, 2.45) is 23.7 Å². The molecule has 5 rings (SSSR count). The second-order valence-corrected chi connectivity index (χ2v) is 15.3. The highest BCUT2D eigenvalue weighted by molar-refractivity contribution is 5.82. The van der Waals surface area contributed by atoms with Crippen molar-refractivity contribution in [2.45, 2.75) is 159 Å². The molecule has 0 aromatic rings. The third-order valence-electron chi connectivity index (χ3n) is 11.5. The predicted molar refractivity (Wildman–Crippen MR) is 181 cm³/mol. The van der Waals surface area contributed by atoms with Gasteiger partial charge in [0.15, 0.2) is 18.2 Å². The first-order valence-corrected chi connectivity index (χ1v) is 18.6. The Balaban J connectivity index is 1.32. The normalized spacial score (nSPS) is 48.4. The first-order chi connectivity index (χ1) is 24.6. The summed E-state index contributed by atoms with van der Waals surface area (Å²) in [5.74, 6) is -1.70. The van der Waals surface area contributed by atoms with Gasteiger partial charge in [-0.05, 0) is 46.5 Å². The zero-order valence-corrected chi connectivity index (χ0v) is 31.7. The number of aliphatic hydroxyl groups excluding tert-OH is 2. The fourth-order valence-electron chi connectivity index (χ4n) is 8.32. The molecule has 2 N–H and O–H groups in total. The van der Waals surface area contributed by atoms with Crippen molar-refractivity contribution in [3.8, 4) is 0 Å². The van der Waals surface area contributed by atoms with Gasteiger partial charge in [0.05, 0.1) is 37.1 Å². The molecule has 0 aliphatic carbocycles. The van der Waals surface area contributed by atoms with E-state index in [0.717, 1.165) is 0 Å². The van der Waals surface area contributed by atoms with Crippen LogP contribution in [0.5, 0.6) is 0 Å². The summed E-state index contributed by atoms with van der Waals surface area (Å²) in [6, 6.07) is 0. The van der Waals surface area contributed by atoms with E-state index in [1.54, 1.807) is 33.8 Å². The Morgan fingerprint density at radius 2 is 1.58 bits per heavy atom. The molecule has 5 heterocycles. The van der Waals surface area contributed by atoms with Crippen LogP contribution >= 0.6 is 0 Å². The van der Waals surface area contributed by atoms with Gasteiger partial charge in [-0.25, -0.2) is 9.59 Å². The maximum Gasteiger partial charge on any atom is 0.509 e. The van der Waals surface area contributed by atoms with Crippen LogP contribution in [-0.2, 0) is 57.0 Å². The molecule has 0 unspecified atom stereocenters. The van der Waals surface area contributed by atoms with Crippen molar-refractivity contribution in [1.82, 2.24) is 0 Å². The van der Waals surface area contributed by atoms with Crippen LogP contribution in [0.3, 0.4) is 0 Å². The SMILES string of the molecule is CO[C@@H]1[C@H](O)[C@@H](C)O[C@@H](O[C@H]2[C@@H](C)/C=C/C(=O)O[C@@H](C)[C@H](CO[C@@H]3O[C@H](C)C[C@@]4(OC(=O)O[C@H]4C)[C@H]3O)[C@H]3O[C@@H]3CCC(=O)[C@H](C)C[C@@H]2C)[C@@H]1OC. The molecule has 15 nitrogen and oxygen atoms in total. The molecule has 0 saturated carbocycles. The second kappa shape index (κ2) is 17.1. The Labute approximate surface area is 305 Å². The van der Waals surface area contributed by atoms with Crippen molar-refractivity contribution in [2.75, 3.05) is 20.8 Å². The highest BCUT2D eigenvalue weighted by Gasteiger charge is 2.61. The van der Waals surface area contributed by atoms with Crippen LogP contribution in [0.2, 0.25) is 0 Å². The van der Waals surface area contributed by atoms with Crippen molar-refractivity contribution < 1.29 is 72.0 Å². The van der Waals surface area contributed by atoms with E-state index in [2.05, 4.69) is 0 Å². The zero-order chi connectivity index (χ0) is 38.1. The van der Waals surface area contributed by atoms with Gasteiger partial charge in [-0.2, -0.15) is 0 Å². The van der Waals surface area contributed by atoms with Crippen molar-refractivity contribution >= 4 is 17.9 Å². The lowest BCUT2D eigenvalue weighted by Crippen LogP contribution is -2.61. The lowest BCUT2D eigenvalue weighted by molar-refractivity contribution is -0.318. The number of methoxy groups -OCH3 is 2. The second-order valence-electron chi connectivity index (χ2n) is 15.3. The summed E-state index contributed by atoms with van der Waals surface area (Å²) in [6.45, 7) is 12.7. The molecule has 0 bridgehead atoms.